The Morgan fingerprint density at radius 3 is 2.67 bits per heavy atom. The minimum absolute atomic E-state index is 0.196. The molecule has 1 aliphatic rings. The average Bonchev–Trinajstić information content (AvgIpc) is 2.65. The molecule has 1 rings (SSSR count). The number of hydrogen-bond acceptors (Lipinski definition) is 3. The summed E-state index contributed by atoms with van der Waals surface area (Å²) in [6.07, 6.45) is -0.196. The van der Waals surface area contributed by atoms with Crippen LogP contribution < -0.4 is 0 Å². The first-order valence-electron chi connectivity index (χ1n) is 4.06. The van der Waals surface area contributed by atoms with Crippen LogP contribution in [0.25, 0.3) is 0 Å². The van der Waals surface area contributed by atoms with Crippen molar-refractivity contribution < 1.29 is 14.3 Å². The van der Waals surface area contributed by atoms with Gasteiger partial charge in [0.15, 0.2) is 0 Å². The lowest BCUT2D eigenvalue weighted by Crippen LogP contribution is -2.25. The van der Waals surface area contributed by atoms with Crippen LogP contribution in [-0.4, -0.2) is 23.7 Å². The quantitative estimate of drug-likeness (QED) is 0.387. The van der Waals surface area contributed by atoms with E-state index in [0.29, 0.717) is 6.61 Å². The predicted molar refractivity (Wildman–Crippen MR) is 44.9 cm³/mol. The predicted octanol–water partition coefficient (Wildman–Crippen LogP) is 1.54. The van der Waals surface area contributed by atoms with Gasteiger partial charge in [0.05, 0.1) is 6.61 Å². The molecule has 2 atom stereocenters. The van der Waals surface area contributed by atoms with Crippen molar-refractivity contribution >= 4 is 17.6 Å². The van der Waals surface area contributed by atoms with E-state index in [9.17, 15) is 4.79 Å². The van der Waals surface area contributed by atoms with E-state index in [1.807, 2.05) is 13.8 Å². The van der Waals surface area contributed by atoms with Crippen LogP contribution in [0.5, 0.6) is 0 Å². The molecule has 0 N–H and O–H groups in total. The molecule has 0 amide bonds. The van der Waals surface area contributed by atoms with Crippen molar-refractivity contribution in [3.63, 3.8) is 0 Å². The van der Waals surface area contributed by atoms with Gasteiger partial charge < -0.3 is 9.47 Å². The minimum atomic E-state index is -1.19. The maximum Gasteiger partial charge on any atom is 0.357 e. The molecule has 1 saturated heterocycles. The molecule has 2 unspecified atom stereocenters. The van der Waals surface area contributed by atoms with E-state index in [0.717, 1.165) is 0 Å². The first kappa shape index (κ1) is 9.81. The molecule has 1 fully saturated rings. The second-order valence-corrected chi connectivity index (χ2v) is 3.71. The lowest BCUT2D eigenvalue weighted by atomic mass is 10.1. The smallest absolute Gasteiger partial charge is 0.357 e. The first-order chi connectivity index (χ1) is 5.52. The maximum atomic E-state index is 11.2. The van der Waals surface area contributed by atoms with E-state index >= 15 is 0 Å². The summed E-state index contributed by atoms with van der Waals surface area (Å²) < 4.78 is 9.82. The molecule has 0 spiro atoms. The summed E-state index contributed by atoms with van der Waals surface area (Å²) in [4.78, 5) is 11.2. The molecule has 0 bridgehead atoms. The summed E-state index contributed by atoms with van der Waals surface area (Å²) in [6.45, 7) is 5.98. The summed E-state index contributed by atoms with van der Waals surface area (Å²) in [5, 5.41) is -1.19. The molecule has 3 nitrogen and oxygen atoms in total. The number of carbonyl (C=O) groups excluding carboxylic acids is 1. The first-order valence-corrected chi connectivity index (χ1v) is 4.44. The second-order valence-electron chi connectivity index (χ2n) is 3.15. The van der Waals surface area contributed by atoms with Gasteiger partial charge in [-0.05, 0) is 12.8 Å². The standard InChI is InChI=1S/C8H13ClO3/c1-4-11-7(10)8(9)6(12-8)5(2)3/h5-6H,4H2,1-3H3. The molecule has 12 heavy (non-hydrogen) atoms. The number of esters is 1. The Morgan fingerprint density at radius 2 is 2.33 bits per heavy atom. The number of halogens is 1. The number of epoxide rings is 1. The summed E-state index contributed by atoms with van der Waals surface area (Å²) in [7, 11) is 0. The van der Waals surface area contributed by atoms with Gasteiger partial charge >= 0.3 is 5.97 Å². The summed E-state index contributed by atoms with van der Waals surface area (Å²) in [5.74, 6) is -0.225. The minimum Gasteiger partial charge on any atom is -0.463 e. The Kier molecular flexibility index (Phi) is 2.64. The highest BCUT2D eigenvalue weighted by Gasteiger charge is 2.64. The Morgan fingerprint density at radius 1 is 1.75 bits per heavy atom. The lowest BCUT2D eigenvalue weighted by Gasteiger charge is -2.04. The van der Waals surface area contributed by atoms with E-state index in [1.165, 1.54) is 0 Å². The molecule has 1 aliphatic heterocycles. The molecule has 0 radical (unpaired) electrons. The maximum absolute atomic E-state index is 11.2. The lowest BCUT2D eigenvalue weighted by molar-refractivity contribution is -0.146. The molecular formula is C8H13ClO3. The molecule has 0 saturated carbocycles. The fraction of sp³-hybridized carbons (Fsp3) is 0.875. The Balaban J connectivity index is 2.49. The van der Waals surface area contributed by atoms with Crippen molar-refractivity contribution in [3.8, 4) is 0 Å². The summed E-state index contributed by atoms with van der Waals surface area (Å²) in [6, 6.07) is 0. The van der Waals surface area contributed by atoms with Gasteiger partial charge in [-0.2, -0.15) is 0 Å². The van der Waals surface area contributed by atoms with E-state index in [-0.39, 0.29) is 12.0 Å². The van der Waals surface area contributed by atoms with Crippen molar-refractivity contribution in [2.75, 3.05) is 6.61 Å². The van der Waals surface area contributed by atoms with Crippen LogP contribution in [0.1, 0.15) is 20.8 Å². The second kappa shape index (κ2) is 3.23. The zero-order chi connectivity index (χ0) is 9.35. The number of rotatable bonds is 3. The third kappa shape index (κ3) is 1.57. The Hall–Kier alpha value is -0.280. The van der Waals surface area contributed by atoms with Crippen LogP contribution >= 0.6 is 11.6 Å². The van der Waals surface area contributed by atoms with Gasteiger partial charge in [-0.15, -0.1) is 0 Å². The van der Waals surface area contributed by atoms with E-state index < -0.39 is 11.0 Å². The van der Waals surface area contributed by atoms with Crippen LogP contribution in [0.4, 0.5) is 0 Å². The monoisotopic (exact) mass is 192 g/mol. The van der Waals surface area contributed by atoms with Gasteiger partial charge in [0.25, 0.3) is 5.06 Å². The Bertz CT molecular complexity index is 193. The summed E-state index contributed by atoms with van der Waals surface area (Å²) >= 11 is 5.84. The van der Waals surface area contributed by atoms with E-state index in [2.05, 4.69) is 0 Å². The molecule has 0 aromatic carbocycles. The van der Waals surface area contributed by atoms with Crippen molar-refractivity contribution in [1.82, 2.24) is 0 Å². The average molecular weight is 193 g/mol. The topological polar surface area (TPSA) is 38.8 Å². The van der Waals surface area contributed by atoms with Crippen LogP contribution in [0, 0.1) is 5.92 Å². The zero-order valence-corrected chi connectivity index (χ0v) is 8.22. The van der Waals surface area contributed by atoms with Crippen molar-refractivity contribution in [3.05, 3.63) is 0 Å². The van der Waals surface area contributed by atoms with Gasteiger partial charge in [-0.25, -0.2) is 4.79 Å². The fourth-order valence-electron chi connectivity index (χ4n) is 1.11. The van der Waals surface area contributed by atoms with E-state index in [1.54, 1.807) is 6.92 Å². The third-order valence-electron chi connectivity index (χ3n) is 1.77. The number of ether oxygens (including phenoxy) is 2. The zero-order valence-electron chi connectivity index (χ0n) is 7.46. The van der Waals surface area contributed by atoms with Crippen molar-refractivity contribution in [2.45, 2.75) is 31.9 Å². The molecule has 0 aromatic rings. The van der Waals surface area contributed by atoms with Gasteiger partial charge in [0, 0.05) is 0 Å². The van der Waals surface area contributed by atoms with Gasteiger partial charge in [0.1, 0.15) is 6.10 Å². The Labute approximate surface area is 77.0 Å². The molecular weight excluding hydrogens is 180 g/mol. The third-order valence-corrected chi connectivity index (χ3v) is 2.22. The van der Waals surface area contributed by atoms with Gasteiger partial charge in [-0.1, -0.05) is 25.4 Å². The van der Waals surface area contributed by atoms with Crippen molar-refractivity contribution in [1.29, 1.82) is 0 Å². The van der Waals surface area contributed by atoms with E-state index in [4.69, 9.17) is 21.1 Å². The highest BCUT2D eigenvalue weighted by molar-refractivity contribution is 6.35. The molecule has 70 valence electrons. The molecule has 0 aromatic heterocycles. The van der Waals surface area contributed by atoms with Crippen LogP contribution in [0.3, 0.4) is 0 Å². The molecule has 4 heteroatoms. The SMILES string of the molecule is CCOC(=O)C1(Cl)OC1C(C)C. The highest BCUT2D eigenvalue weighted by Crippen LogP contribution is 2.45. The van der Waals surface area contributed by atoms with Crippen LogP contribution in [0.15, 0.2) is 0 Å². The van der Waals surface area contributed by atoms with Crippen LogP contribution in [-0.2, 0) is 14.3 Å². The molecule has 0 aliphatic carbocycles. The number of carbonyl (C=O) groups is 1. The fourth-order valence-corrected chi connectivity index (χ4v) is 1.51. The molecule has 1 heterocycles. The number of hydrogen-bond donors (Lipinski definition) is 0. The van der Waals surface area contributed by atoms with Crippen molar-refractivity contribution in [2.24, 2.45) is 5.92 Å². The highest BCUT2D eigenvalue weighted by atomic mass is 35.5. The van der Waals surface area contributed by atoms with Crippen LogP contribution in [0.2, 0.25) is 0 Å². The normalized spacial score (nSPS) is 33.6. The van der Waals surface area contributed by atoms with Gasteiger partial charge in [-0.3, -0.25) is 0 Å². The summed E-state index contributed by atoms with van der Waals surface area (Å²) in [5.41, 5.74) is 0. The van der Waals surface area contributed by atoms with Gasteiger partial charge in [0.2, 0.25) is 0 Å². The number of alkyl halides is 1. The largest absolute Gasteiger partial charge is 0.463 e.